The number of benzene rings is 1. The van der Waals surface area contributed by atoms with Crippen LogP contribution >= 0.6 is 0 Å². The van der Waals surface area contributed by atoms with E-state index < -0.39 is 0 Å². The number of pyridine rings is 1. The first-order valence-corrected chi connectivity index (χ1v) is 6.50. The molecule has 0 bridgehead atoms. The molecule has 0 aliphatic carbocycles. The minimum Gasteiger partial charge on any atom is -0.350 e. The summed E-state index contributed by atoms with van der Waals surface area (Å²) in [6.45, 7) is 3.85. The highest BCUT2D eigenvalue weighted by Gasteiger charge is 2.08. The monoisotopic (exact) mass is 254 g/mol. The van der Waals surface area contributed by atoms with Crippen molar-refractivity contribution < 1.29 is 4.79 Å². The van der Waals surface area contributed by atoms with Gasteiger partial charge in [0.2, 0.25) is 5.91 Å². The van der Waals surface area contributed by atoms with Gasteiger partial charge in [0.25, 0.3) is 0 Å². The van der Waals surface area contributed by atoms with E-state index in [1.165, 1.54) is 0 Å². The van der Waals surface area contributed by atoms with Crippen molar-refractivity contribution in [2.45, 2.75) is 26.3 Å². The summed E-state index contributed by atoms with van der Waals surface area (Å²) in [6, 6.07) is 12.2. The van der Waals surface area contributed by atoms with Gasteiger partial charge in [-0.05, 0) is 35.7 Å². The summed E-state index contributed by atoms with van der Waals surface area (Å²) in [5, 5.41) is 2.96. The summed E-state index contributed by atoms with van der Waals surface area (Å²) < 4.78 is 0. The maximum absolute atomic E-state index is 11.4. The molecule has 1 heterocycles. The van der Waals surface area contributed by atoms with Crippen molar-refractivity contribution >= 4 is 5.91 Å². The third kappa shape index (κ3) is 3.41. The fourth-order valence-corrected chi connectivity index (χ4v) is 1.94. The molecule has 3 heteroatoms. The third-order valence-electron chi connectivity index (χ3n) is 3.12. The molecule has 19 heavy (non-hydrogen) atoms. The molecule has 0 saturated heterocycles. The van der Waals surface area contributed by atoms with E-state index in [-0.39, 0.29) is 11.9 Å². The highest BCUT2D eigenvalue weighted by Crippen LogP contribution is 2.21. The van der Waals surface area contributed by atoms with E-state index in [1.807, 2.05) is 26.0 Å². The Morgan fingerprint density at radius 1 is 1.11 bits per heavy atom. The number of rotatable bonds is 4. The van der Waals surface area contributed by atoms with Crippen molar-refractivity contribution in [1.29, 1.82) is 0 Å². The van der Waals surface area contributed by atoms with Gasteiger partial charge in [0.15, 0.2) is 0 Å². The molecule has 0 aliphatic heterocycles. The van der Waals surface area contributed by atoms with Crippen molar-refractivity contribution in [3.8, 4) is 11.1 Å². The van der Waals surface area contributed by atoms with Crippen LogP contribution in [0.25, 0.3) is 11.1 Å². The van der Waals surface area contributed by atoms with E-state index in [1.54, 1.807) is 12.4 Å². The van der Waals surface area contributed by atoms with Crippen LogP contribution in [0.15, 0.2) is 48.8 Å². The highest BCUT2D eigenvalue weighted by atomic mass is 16.1. The first-order chi connectivity index (χ1) is 9.20. The maximum Gasteiger partial charge on any atom is 0.220 e. The van der Waals surface area contributed by atoms with Crippen molar-refractivity contribution in [3.63, 3.8) is 0 Å². The van der Waals surface area contributed by atoms with Crippen LogP contribution in [0.4, 0.5) is 0 Å². The Balaban J connectivity index is 2.12. The molecular formula is C16H18N2O. The summed E-state index contributed by atoms with van der Waals surface area (Å²) >= 11 is 0. The van der Waals surface area contributed by atoms with Crippen LogP contribution in [0.2, 0.25) is 0 Å². The lowest BCUT2D eigenvalue weighted by atomic mass is 10.0. The fourth-order valence-electron chi connectivity index (χ4n) is 1.94. The van der Waals surface area contributed by atoms with Gasteiger partial charge in [-0.15, -0.1) is 0 Å². The quantitative estimate of drug-likeness (QED) is 0.909. The standard InChI is InChI=1S/C16H18N2O/c1-3-16(19)18-12(2)13-4-6-14(7-5-13)15-8-10-17-11-9-15/h4-12H,3H2,1-2H3,(H,18,19). The first-order valence-electron chi connectivity index (χ1n) is 6.50. The van der Waals surface area contributed by atoms with E-state index >= 15 is 0 Å². The second-order valence-electron chi connectivity index (χ2n) is 4.50. The van der Waals surface area contributed by atoms with Gasteiger partial charge in [0, 0.05) is 18.8 Å². The fraction of sp³-hybridized carbons (Fsp3) is 0.250. The molecule has 3 nitrogen and oxygen atoms in total. The smallest absolute Gasteiger partial charge is 0.220 e. The van der Waals surface area contributed by atoms with E-state index in [9.17, 15) is 4.79 Å². The molecule has 1 unspecified atom stereocenters. The van der Waals surface area contributed by atoms with Gasteiger partial charge in [-0.25, -0.2) is 0 Å². The average molecular weight is 254 g/mol. The van der Waals surface area contributed by atoms with Crippen LogP contribution < -0.4 is 5.32 Å². The Hall–Kier alpha value is -2.16. The maximum atomic E-state index is 11.4. The molecule has 1 aromatic heterocycles. The predicted molar refractivity (Wildman–Crippen MR) is 76.5 cm³/mol. The number of nitrogens with zero attached hydrogens (tertiary/aromatic N) is 1. The summed E-state index contributed by atoms with van der Waals surface area (Å²) in [7, 11) is 0. The van der Waals surface area contributed by atoms with Gasteiger partial charge in [-0.2, -0.15) is 0 Å². The molecule has 1 N–H and O–H groups in total. The number of nitrogens with one attached hydrogen (secondary N) is 1. The molecule has 0 fully saturated rings. The van der Waals surface area contributed by atoms with Crippen LogP contribution in [0.3, 0.4) is 0 Å². The average Bonchev–Trinajstić information content (AvgIpc) is 2.48. The molecule has 2 rings (SSSR count). The molecular weight excluding hydrogens is 236 g/mol. The van der Waals surface area contributed by atoms with E-state index in [2.05, 4.69) is 34.6 Å². The zero-order valence-electron chi connectivity index (χ0n) is 11.3. The number of carbonyl (C=O) groups is 1. The largest absolute Gasteiger partial charge is 0.350 e. The molecule has 98 valence electrons. The molecule has 0 saturated carbocycles. The van der Waals surface area contributed by atoms with Gasteiger partial charge in [0.05, 0.1) is 6.04 Å². The minimum atomic E-state index is 0.0407. The second-order valence-corrected chi connectivity index (χ2v) is 4.50. The van der Waals surface area contributed by atoms with Gasteiger partial charge in [-0.1, -0.05) is 31.2 Å². The molecule has 1 atom stereocenters. The Morgan fingerprint density at radius 2 is 1.68 bits per heavy atom. The van der Waals surface area contributed by atoms with Crippen molar-refractivity contribution in [2.75, 3.05) is 0 Å². The number of hydrogen-bond donors (Lipinski definition) is 1. The molecule has 0 spiro atoms. The normalized spacial score (nSPS) is 11.9. The second kappa shape index (κ2) is 6.14. The van der Waals surface area contributed by atoms with Gasteiger partial charge in [-0.3, -0.25) is 9.78 Å². The molecule has 0 aliphatic rings. The third-order valence-corrected chi connectivity index (χ3v) is 3.12. The number of amides is 1. The van der Waals surface area contributed by atoms with Gasteiger partial charge < -0.3 is 5.32 Å². The zero-order valence-corrected chi connectivity index (χ0v) is 11.3. The van der Waals surface area contributed by atoms with E-state index in [4.69, 9.17) is 0 Å². The Labute approximate surface area is 113 Å². The van der Waals surface area contributed by atoms with E-state index in [0.717, 1.165) is 16.7 Å². The number of carbonyl (C=O) groups excluding carboxylic acids is 1. The minimum absolute atomic E-state index is 0.0407. The van der Waals surface area contributed by atoms with E-state index in [0.29, 0.717) is 6.42 Å². The Bertz CT molecular complexity index is 534. The number of hydrogen-bond acceptors (Lipinski definition) is 2. The van der Waals surface area contributed by atoms with Crippen LogP contribution in [0.1, 0.15) is 31.9 Å². The summed E-state index contributed by atoms with van der Waals surface area (Å²) in [5.41, 5.74) is 3.41. The van der Waals surface area contributed by atoms with Crippen LogP contribution in [-0.2, 0) is 4.79 Å². The molecule has 2 aromatic rings. The lowest BCUT2D eigenvalue weighted by molar-refractivity contribution is -0.121. The highest BCUT2D eigenvalue weighted by molar-refractivity contribution is 5.76. The summed E-state index contributed by atoms with van der Waals surface area (Å²) in [5.74, 6) is 0.0747. The summed E-state index contributed by atoms with van der Waals surface area (Å²) in [6.07, 6.45) is 4.08. The zero-order chi connectivity index (χ0) is 13.7. The van der Waals surface area contributed by atoms with Gasteiger partial charge >= 0.3 is 0 Å². The SMILES string of the molecule is CCC(=O)NC(C)c1ccc(-c2ccncc2)cc1. The molecule has 0 radical (unpaired) electrons. The summed E-state index contributed by atoms with van der Waals surface area (Å²) in [4.78, 5) is 15.4. The number of aromatic nitrogens is 1. The lowest BCUT2D eigenvalue weighted by Gasteiger charge is -2.14. The Morgan fingerprint density at radius 3 is 2.26 bits per heavy atom. The Kier molecular flexibility index (Phi) is 4.29. The van der Waals surface area contributed by atoms with Crippen LogP contribution in [0, 0.1) is 0 Å². The molecule has 1 aromatic carbocycles. The topological polar surface area (TPSA) is 42.0 Å². The predicted octanol–water partition coefficient (Wildman–Crippen LogP) is 3.34. The van der Waals surface area contributed by atoms with Crippen LogP contribution in [0.5, 0.6) is 0 Å². The van der Waals surface area contributed by atoms with Gasteiger partial charge in [0.1, 0.15) is 0 Å². The van der Waals surface area contributed by atoms with Crippen molar-refractivity contribution in [1.82, 2.24) is 10.3 Å². The van der Waals surface area contributed by atoms with Crippen molar-refractivity contribution in [3.05, 3.63) is 54.4 Å². The molecule has 1 amide bonds. The van der Waals surface area contributed by atoms with Crippen molar-refractivity contribution in [2.24, 2.45) is 0 Å². The van der Waals surface area contributed by atoms with Crippen LogP contribution in [-0.4, -0.2) is 10.9 Å². The first kappa shape index (κ1) is 13.3. The lowest BCUT2D eigenvalue weighted by Crippen LogP contribution is -2.25.